The van der Waals surface area contributed by atoms with Gasteiger partial charge in [-0.2, -0.15) is 0 Å². The molecule has 0 aromatic heterocycles. The molecule has 0 fully saturated rings. The number of halogens is 1. The zero-order valence-corrected chi connectivity index (χ0v) is 14.4. The highest BCUT2D eigenvalue weighted by Crippen LogP contribution is 2.37. The third-order valence-electron chi connectivity index (χ3n) is 3.27. The average Bonchev–Trinajstić information content (AvgIpc) is 2.50. The summed E-state index contributed by atoms with van der Waals surface area (Å²) < 4.78 is 16.9. The molecule has 6 nitrogen and oxygen atoms in total. The van der Waals surface area contributed by atoms with Crippen LogP contribution in [0.25, 0.3) is 0 Å². The van der Waals surface area contributed by atoms with E-state index in [-0.39, 0.29) is 18.5 Å². The molecule has 1 aliphatic heterocycles. The van der Waals surface area contributed by atoms with Crippen molar-refractivity contribution in [2.24, 2.45) is 0 Å². The van der Waals surface area contributed by atoms with Gasteiger partial charge in [-0.05, 0) is 24.6 Å². The molecule has 1 amide bonds. The van der Waals surface area contributed by atoms with E-state index in [4.69, 9.17) is 14.2 Å². The number of amides is 1. The van der Waals surface area contributed by atoms with Crippen molar-refractivity contribution >= 4 is 21.8 Å². The molecule has 2 N–H and O–H groups in total. The molecule has 1 unspecified atom stereocenters. The van der Waals surface area contributed by atoms with Gasteiger partial charge in [0.15, 0.2) is 11.5 Å². The van der Waals surface area contributed by atoms with Crippen LogP contribution in [0.4, 0.5) is 0 Å². The number of benzene rings is 1. The van der Waals surface area contributed by atoms with Gasteiger partial charge < -0.3 is 24.8 Å². The zero-order chi connectivity index (χ0) is 15.9. The smallest absolute Gasteiger partial charge is 0.234 e. The molecule has 0 saturated carbocycles. The van der Waals surface area contributed by atoms with Gasteiger partial charge in [-0.3, -0.25) is 4.79 Å². The molecule has 1 heterocycles. The summed E-state index contributed by atoms with van der Waals surface area (Å²) in [6, 6.07) is 3.65. The standard InChI is InChI=1S/C15H21BrN2O4/c1-10(18-15(19)9-17-3-4-20-2)11-7-13-14(8-12(11)16)22-6-5-21-13/h7-8,10,17H,3-6,9H2,1-2H3,(H,18,19). The highest BCUT2D eigenvalue weighted by molar-refractivity contribution is 9.10. The predicted octanol–water partition coefficient (Wildman–Crippen LogP) is 1.63. The average molecular weight is 373 g/mol. The van der Waals surface area contributed by atoms with E-state index < -0.39 is 0 Å². The summed E-state index contributed by atoms with van der Waals surface area (Å²) in [5.74, 6) is 1.37. The molecule has 22 heavy (non-hydrogen) atoms. The number of carbonyl (C=O) groups excluding carboxylic acids is 1. The van der Waals surface area contributed by atoms with Gasteiger partial charge in [0.1, 0.15) is 13.2 Å². The molecule has 1 aromatic carbocycles. The summed E-state index contributed by atoms with van der Waals surface area (Å²) in [6.45, 7) is 4.51. The summed E-state index contributed by atoms with van der Waals surface area (Å²) >= 11 is 3.52. The van der Waals surface area contributed by atoms with Gasteiger partial charge in [0.05, 0.1) is 19.2 Å². The first-order valence-corrected chi connectivity index (χ1v) is 7.99. The molecule has 0 bridgehead atoms. The Bertz CT molecular complexity index is 525. The molecule has 0 spiro atoms. The van der Waals surface area contributed by atoms with E-state index in [1.54, 1.807) is 7.11 Å². The number of fused-ring (bicyclic) bond motifs is 1. The minimum atomic E-state index is -0.137. The summed E-state index contributed by atoms with van der Waals surface area (Å²) in [7, 11) is 1.63. The summed E-state index contributed by atoms with van der Waals surface area (Å²) in [5.41, 5.74) is 0.953. The third-order valence-corrected chi connectivity index (χ3v) is 3.96. The lowest BCUT2D eigenvalue weighted by Crippen LogP contribution is -2.36. The van der Waals surface area contributed by atoms with E-state index in [1.165, 1.54) is 0 Å². The molecular formula is C15H21BrN2O4. The topological polar surface area (TPSA) is 68.8 Å². The number of hydrogen-bond donors (Lipinski definition) is 2. The van der Waals surface area contributed by atoms with Crippen molar-refractivity contribution in [3.8, 4) is 11.5 Å². The van der Waals surface area contributed by atoms with Crippen molar-refractivity contribution < 1.29 is 19.0 Å². The first kappa shape index (κ1) is 17.1. The third kappa shape index (κ3) is 4.59. The maximum absolute atomic E-state index is 11.9. The molecule has 1 aromatic rings. The maximum Gasteiger partial charge on any atom is 0.234 e. The van der Waals surface area contributed by atoms with Gasteiger partial charge in [-0.1, -0.05) is 15.9 Å². The van der Waals surface area contributed by atoms with Crippen LogP contribution in [0.15, 0.2) is 16.6 Å². The van der Waals surface area contributed by atoms with E-state index in [0.717, 1.165) is 15.8 Å². The fourth-order valence-corrected chi connectivity index (χ4v) is 2.82. The Morgan fingerprint density at radius 3 is 2.73 bits per heavy atom. The Hall–Kier alpha value is -1.31. The quantitative estimate of drug-likeness (QED) is 0.712. The normalized spacial score (nSPS) is 14.5. The highest BCUT2D eigenvalue weighted by atomic mass is 79.9. The van der Waals surface area contributed by atoms with Crippen molar-refractivity contribution in [3.05, 3.63) is 22.2 Å². The van der Waals surface area contributed by atoms with Crippen LogP contribution in [-0.4, -0.2) is 45.9 Å². The van der Waals surface area contributed by atoms with Gasteiger partial charge >= 0.3 is 0 Å². The molecule has 0 saturated heterocycles. The molecule has 2 rings (SSSR count). The van der Waals surface area contributed by atoms with Gasteiger partial charge in [-0.25, -0.2) is 0 Å². The van der Waals surface area contributed by atoms with Crippen molar-refractivity contribution in [1.29, 1.82) is 0 Å². The fraction of sp³-hybridized carbons (Fsp3) is 0.533. The first-order chi connectivity index (χ1) is 10.6. The van der Waals surface area contributed by atoms with E-state index in [0.29, 0.717) is 32.1 Å². The Kier molecular flexibility index (Phi) is 6.48. The lowest BCUT2D eigenvalue weighted by atomic mass is 10.1. The second-order valence-corrected chi connectivity index (χ2v) is 5.83. The van der Waals surface area contributed by atoms with Crippen molar-refractivity contribution in [3.63, 3.8) is 0 Å². The minimum absolute atomic E-state index is 0.0645. The largest absolute Gasteiger partial charge is 0.486 e. The minimum Gasteiger partial charge on any atom is -0.486 e. The summed E-state index contributed by atoms with van der Waals surface area (Å²) in [5, 5.41) is 5.97. The van der Waals surface area contributed by atoms with Crippen LogP contribution in [-0.2, 0) is 9.53 Å². The summed E-state index contributed by atoms with van der Waals surface area (Å²) in [6.07, 6.45) is 0. The number of carbonyl (C=O) groups is 1. The SMILES string of the molecule is COCCNCC(=O)NC(C)c1cc2c(cc1Br)OCCO2. The number of methoxy groups -OCH3 is 1. The van der Waals surface area contributed by atoms with Gasteiger partial charge in [0, 0.05) is 18.1 Å². The highest BCUT2D eigenvalue weighted by Gasteiger charge is 2.19. The van der Waals surface area contributed by atoms with E-state index in [2.05, 4.69) is 26.6 Å². The van der Waals surface area contributed by atoms with Gasteiger partial charge in [-0.15, -0.1) is 0 Å². The van der Waals surface area contributed by atoms with Crippen molar-refractivity contribution in [2.75, 3.05) is 40.0 Å². The Morgan fingerprint density at radius 1 is 1.36 bits per heavy atom. The summed E-state index contributed by atoms with van der Waals surface area (Å²) in [4.78, 5) is 11.9. The predicted molar refractivity (Wildman–Crippen MR) is 86.4 cm³/mol. The Labute approximate surface area is 138 Å². The van der Waals surface area contributed by atoms with Crippen molar-refractivity contribution in [2.45, 2.75) is 13.0 Å². The molecule has 122 valence electrons. The van der Waals surface area contributed by atoms with Gasteiger partial charge in [0.25, 0.3) is 0 Å². The molecular weight excluding hydrogens is 352 g/mol. The monoisotopic (exact) mass is 372 g/mol. The number of hydrogen-bond acceptors (Lipinski definition) is 5. The molecule has 0 radical (unpaired) electrons. The van der Waals surface area contributed by atoms with Crippen LogP contribution in [0.1, 0.15) is 18.5 Å². The molecule has 1 atom stereocenters. The van der Waals surface area contributed by atoms with Gasteiger partial charge in [0.2, 0.25) is 5.91 Å². The van der Waals surface area contributed by atoms with Crippen LogP contribution in [0.5, 0.6) is 11.5 Å². The van der Waals surface area contributed by atoms with Crippen LogP contribution >= 0.6 is 15.9 Å². The van der Waals surface area contributed by atoms with Crippen LogP contribution in [0.2, 0.25) is 0 Å². The Balaban J connectivity index is 1.94. The fourth-order valence-electron chi connectivity index (χ4n) is 2.16. The van der Waals surface area contributed by atoms with E-state index in [1.807, 2.05) is 19.1 Å². The maximum atomic E-state index is 11.9. The van der Waals surface area contributed by atoms with E-state index >= 15 is 0 Å². The molecule has 7 heteroatoms. The van der Waals surface area contributed by atoms with Crippen LogP contribution < -0.4 is 20.1 Å². The number of ether oxygens (including phenoxy) is 3. The first-order valence-electron chi connectivity index (χ1n) is 7.20. The lowest BCUT2D eigenvalue weighted by molar-refractivity contribution is -0.120. The second-order valence-electron chi connectivity index (χ2n) is 4.98. The van der Waals surface area contributed by atoms with Crippen molar-refractivity contribution in [1.82, 2.24) is 10.6 Å². The molecule has 1 aliphatic rings. The van der Waals surface area contributed by atoms with Crippen LogP contribution in [0.3, 0.4) is 0 Å². The number of nitrogens with one attached hydrogen (secondary N) is 2. The Morgan fingerprint density at radius 2 is 2.05 bits per heavy atom. The molecule has 0 aliphatic carbocycles. The number of rotatable bonds is 7. The van der Waals surface area contributed by atoms with Crippen LogP contribution in [0, 0.1) is 0 Å². The second kappa shape index (κ2) is 8.36. The lowest BCUT2D eigenvalue weighted by Gasteiger charge is -2.22. The van der Waals surface area contributed by atoms with E-state index in [9.17, 15) is 4.79 Å². The zero-order valence-electron chi connectivity index (χ0n) is 12.8.